The van der Waals surface area contributed by atoms with Crippen molar-refractivity contribution in [1.29, 1.82) is 5.26 Å². The average Bonchev–Trinajstić information content (AvgIpc) is 2.83. The normalized spacial score (nSPS) is 11.3. The molecule has 0 N–H and O–H groups in total. The summed E-state index contributed by atoms with van der Waals surface area (Å²) in [6, 6.07) is 10.6. The Bertz CT molecular complexity index is 639. The van der Waals surface area contributed by atoms with Crippen molar-refractivity contribution < 1.29 is 0 Å². The summed E-state index contributed by atoms with van der Waals surface area (Å²) >= 11 is 0. The molecule has 0 bridgehead atoms. The van der Waals surface area contributed by atoms with Crippen molar-refractivity contribution in [3.63, 3.8) is 0 Å². The summed E-state index contributed by atoms with van der Waals surface area (Å²) in [4.78, 5) is 0. The Hall–Kier alpha value is -2.08. The molecule has 2 aromatic rings. The third kappa shape index (κ3) is 2.91. The van der Waals surface area contributed by atoms with Gasteiger partial charge in [0.2, 0.25) is 0 Å². The van der Waals surface area contributed by atoms with Crippen molar-refractivity contribution in [2.75, 3.05) is 0 Å². The number of nitriles is 1. The van der Waals surface area contributed by atoms with Crippen LogP contribution in [0.4, 0.5) is 0 Å². The van der Waals surface area contributed by atoms with Crippen molar-refractivity contribution in [2.45, 2.75) is 46.1 Å². The molecule has 0 spiro atoms. The highest BCUT2D eigenvalue weighted by Gasteiger charge is 2.18. The molecule has 0 saturated heterocycles. The molecule has 0 fully saturated rings. The molecule has 0 radical (unpaired) electrons. The fraction of sp³-hybridized carbons (Fsp3) is 0.412. The summed E-state index contributed by atoms with van der Waals surface area (Å²) in [5.41, 5.74) is 4.91. The number of aromatic nitrogens is 2. The molecule has 1 heterocycles. The van der Waals surface area contributed by atoms with Crippen molar-refractivity contribution in [2.24, 2.45) is 0 Å². The maximum atomic E-state index is 8.63. The summed E-state index contributed by atoms with van der Waals surface area (Å²) in [6.07, 6.45) is 2.43. The summed E-state index contributed by atoms with van der Waals surface area (Å²) < 4.78 is 1.84. The molecule has 104 valence electrons. The van der Waals surface area contributed by atoms with E-state index in [1.807, 2.05) is 16.9 Å². The molecule has 20 heavy (non-hydrogen) atoms. The summed E-state index contributed by atoms with van der Waals surface area (Å²) in [6.45, 7) is 9.48. The number of hydrogen-bond acceptors (Lipinski definition) is 2. The molecule has 0 unspecified atom stereocenters. The minimum Gasteiger partial charge on any atom is -0.271 e. The van der Waals surface area contributed by atoms with Gasteiger partial charge in [0.1, 0.15) is 0 Å². The van der Waals surface area contributed by atoms with Gasteiger partial charge in [0.15, 0.2) is 0 Å². The second kappa shape index (κ2) is 5.50. The highest BCUT2D eigenvalue weighted by molar-refractivity contribution is 5.65. The van der Waals surface area contributed by atoms with Crippen LogP contribution >= 0.6 is 0 Å². The molecular formula is C17H21N3. The molecule has 0 amide bonds. The molecule has 0 saturated carbocycles. The second-order valence-corrected chi connectivity index (χ2v) is 6.10. The molecule has 1 aromatic heterocycles. The highest BCUT2D eigenvalue weighted by atomic mass is 15.3. The van der Waals surface area contributed by atoms with Gasteiger partial charge in [-0.25, -0.2) is 0 Å². The van der Waals surface area contributed by atoms with Gasteiger partial charge in [0, 0.05) is 11.8 Å². The Morgan fingerprint density at radius 2 is 2.00 bits per heavy atom. The smallest absolute Gasteiger partial charge is 0.0925 e. The van der Waals surface area contributed by atoms with Gasteiger partial charge < -0.3 is 0 Å². The minimum atomic E-state index is 0.128. The van der Waals surface area contributed by atoms with Crippen LogP contribution in [0.25, 0.3) is 11.3 Å². The predicted molar refractivity (Wildman–Crippen MR) is 81.3 cm³/mol. The molecule has 0 aliphatic rings. The Morgan fingerprint density at radius 1 is 1.25 bits per heavy atom. The molecule has 0 aliphatic heterocycles. The van der Waals surface area contributed by atoms with Gasteiger partial charge in [-0.1, -0.05) is 39.0 Å². The zero-order valence-electron chi connectivity index (χ0n) is 12.6. The van der Waals surface area contributed by atoms with Crippen LogP contribution in [-0.2, 0) is 12.0 Å². The monoisotopic (exact) mass is 267 g/mol. The first kappa shape index (κ1) is 14.3. The second-order valence-electron chi connectivity index (χ2n) is 6.10. The predicted octanol–water partition coefficient (Wildman–Crippen LogP) is 4.07. The summed E-state index contributed by atoms with van der Waals surface area (Å²) in [7, 11) is 0. The van der Waals surface area contributed by atoms with E-state index in [0.717, 1.165) is 5.69 Å². The van der Waals surface area contributed by atoms with Gasteiger partial charge in [-0.2, -0.15) is 10.4 Å². The van der Waals surface area contributed by atoms with E-state index >= 15 is 0 Å². The molecular weight excluding hydrogens is 246 g/mol. The third-order valence-electron chi connectivity index (χ3n) is 3.51. The summed E-state index contributed by atoms with van der Waals surface area (Å²) in [5.74, 6) is 0. The van der Waals surface area contributed by atoms with Crippen LogP contribution in [0.15, 0.2) is 30.5 Å². The zero-order valence-corrected chi connectivity index (χ0v) is 12.6. The van der Waals surface area contributed by atoms with Crippen LogP contribution in [0.2, 0.25) is 0 Å². The summed E-state index contributed by atoms with van der Waals surface area (Å²) in [5, 5.41) is 13.2. The molecule has 0 aliphatic carbocycles. The average molecular weight is 267 g/mol. The van der Waals surface area contributed by atoms with Gasteiger partial charge in [-0.3, -0.25) is 4.68 Å². The van der Waals surface area contributed by atoms with Crippen LogP contribution in [0.1, 0.15) is 38.3 Å². The van der Waals surface area contributed by atoms with Crippen LogP contribution in [0, 0.1) is 18.3 Å². The Balaban J connectivity index is 2.39. The van der Waals surface area contributed by atoms with E-state index in [1.54, 1.807) is 0 Å². The van der Waals surface area contributed by atoms with E-state index in [0.29, 0.717) is 13.0 Å². The van der Waals surface area contributed by atoms with Crippen LogP contribution in [-0.4, -0.2) is 9.78 Å². The van der Waals surface area contributed by atoms with E-state index in [-0.39, 0.29) is 5.41 Å². The van der Waals surface area contributed by atoms with E-state index in [1.165, 1.54) is 16.7 Å². The van der Waals surface area contributed by atoms with E-state index in [2.05, 4.69) is 57.1 Å². The Labute approximate surface area is 120 Å². The maximum absolute atomic E-state index is 8.63. The molecule has 1 aromatic carbocycles. The lowest BCUT2D eigenvalue weighted by Gasteiger charge is -2.23. The lowest BCUT2D eigenvalue weighted by molar-refractivity contribution is 0.586. The quantitative estimate of drug-likeness (QED) is 0.841. The van der Waals surface area contributed by atoms with Gasteiger partial charge in [0.05, 0.1) is 24.7 Å². The van der Waals surface area contributed by atoms with Gasteiger partial charge >= 0.3 is 0 Å². The van der Waals surface area contributed by atoms with Crippen molar-refractivity contribution in [3.8, 4) is 17.3 Å². The lowest BCUT2D eigenvalue weighted by atomic mass is 9.82. The number of benzene rings is 1. The highest BCUT2D eigenvalue weighted by Crippen LogP contribution is 2.31. The third-order valence-corrected chi connectivity index (χ3v) is 3.51. The fourth-order valence-electron chi connectivity index (χ4n) is 2.52. The van der Waals surface area contributed by atoms with E-state index < -0.39 is 0 Å². The molecule has 2 rings (SSSR count). The van der Waals surface area contributed by atoms with Gasteiger partial charge in [0.25, 0.3) is 0 Å². The lowest BCUT2D eigenvalue weighted by Crippen LogP contribution is -2.13. The molecule has 0 atom stereocenters. The fourth-order valence-corrected chi connectivity index (χ4v) is 2.52. The van der Waals surface area contributed by atoms with Crippen molar-refractivity contribution in [1.82, 2.24) is 9.78 Å². The maximum Gasteiger partial charge on any atom is 0.0925 e. The number of aryl methyl sites for hydroxylation is 1. The number of nitrogens with zero attached hydrogens (tertiary/aromatic N) is 3. The first-order valence-electron chi connectivity index (χ1n) is 6.94. The Kier molecular flexibility index (Phi) is 3.94. The van der Waals surface area contributed by atoms with Gasteiger partial charge in [-0.05, 0) is 29.5 Å². The van der Waals surface area contributed by atoms with Crippen molar-refractivity contribution >= 4 is 0 Å². The van der Waals surface area contributed by atoms with Crippen molar-refractivity contribution in [3.05, 3.63) is 41.6 Å². The number of hydrogen-bond donors (Lipinski definition) is 0. The van der Waals surface area contributed by atoms with Crippen LogP contribution in [0.5, 0.6) is 0 Å². The molecule has 3 nitrogen and oxygen atoms in total. The first-order chi connectivity index (χ1) is 9.43. The SMILES string of the molecule is Cc1c(-c2ccn(CCC#N)n2)cccc1C(C)(C)C. The Morgan fingerprint density at radius 3 is 2.65 bits per heavy atom. The topological polar surface area (TPSA) is 41.6 Å². The van der Waals surface area contributed by atoms with Crippen LogP contribution < -0.4 is 0 Å². The first-order valence-corrected chi connectivity index (χ1v) is 6.94. The largest absolute Gasteiger partial charge is 0.271 e. The van der Waals surface area contributed by atoms with Crippen LogP contribution in [0.3, 0.4) is 0 Å². The van der Waals surface area contributed by atoms with Gasteiger partial charge in [-0.15, -0.1) is 0 Å². The van der Waals surface area contributed by atoms with E-state index in [4.69, 9.17) is 5.26 Å². The van der Waals surface area contributed by atoms with E-state index in [9.17, 15) is 0 Å². The standard InChI is InChI=1S/C17H21N3/c1-13-14(7-5-8-15(13)17(2,3)4)16-9-12-20(19-16)11-6-10-18/h5,7-9,12H,6,11H2,1-4H3. The number of rotatable bonds is 3. The molecule has 3 heteroatoms. The minimum absolute atomic E-state index is 0.128. The zero-order chi connectivity index (χ0) is 14.8.